The van der Waals surface area contributed by atoms with Crippen LogP contribution in [0.4, 0.5) is 0 Å². The Hall–Kier alpha value is 0.589. The second-order valence-electron chi connectivity index (χ2n) is 3.92. The van der Waals surface area contributed by atoms with Gasteiger partial charge in [-0.15, -0.1) is 0 Å². The molecule has 0 aromatic heterocycles. The molecule has 0 atom stereocenters. The second-order valence-corrected chi connectivity index (χ2v) is 12.4. The molecule has 0 amide bonds. The molecule has 0 aliphatic carbocycles. The SMILES string of the molecule is [B]C[Si](C)(C)O[Si](C)(C[B])C[B]. The fraction of sp³-hybridized carbons (Fsp3) is 1.00. The Bertz CT molecular complexity index is 139. The number of hydrogen-bond acceptors (Lipinski definition) is 1. The van der Waals surface area contributed by atoms with Gasteiger partial charge >= 0.3 is 0 Å². The summed E-state index contributed by atoms with van der Waals surface area (Å²) < 4.78 is 5.98. The highest BCUT2D eigenvalue weighted by atomic mass is 28.4. The maximum Gasteiger partial charge on any atom is 0.165 e. The summed E-state index contributed by atoms with van der Waals surface area (Å²) >= 11 is 0. The average Bonchev–Trinajstić information content (AvgIpc) is 2.04. The maximum absolute atomic E-state index is 5.98. The largest absolute Gasteiger partial charge is 0.457 e. The Kier molecular flexibility index (Phi) is 4.95. The van der Waals surface area contributed by atoms with Gasteiger partial charge in [-0.1, -0.05) is 17.8 Å². The Balaban J connectivity index is 4.20. The lowest BCUT2D eigenvalue weighted by molar-refractivity contribution is 0.551. The van der Waals surface area contributed by atoms with Gasteiger partial charge in [0.05, 0.1) is 23.5 Å². The normalized spacial score (nSPS) is 13.2. The monoisotopic (exact) mass is 192 g/mol. The molecule has 0 spiro atoms. The predicted octanol–water partition coefficient (Wildman–Crippen LogP) is 1.16. The highest BCUT2D eigenvalue weighted by molar-refractivity contribution is 6.91. The quantitative estimate of drug-likeness (QED) is 0.593. The summed E-state index contributed by atoms with van der Waals surface area (Å²) in [6.45, 7) is 6.27. The van der Waals surface area contributed by atoms with Crippen molar-refractivity contribution in [3.8, 4) is 0 Å². The van der Waals surface area contributed by atoms with Crippen LogP contribution in [0.3, 0.4) is 0 Å². The molecule has 0 saturated carbocycles. The van der Waals surface area contributed by atoms with Crippen molar-refractivity contribution in [1.82, 2.24) is 0 Å². The van der Waals surface area contributed by atoms with E-state index < -0.39 is 16.6 Å². The molecule has 12 heavy (non-hydrogen) atoms. The van der Waals surface area contributed by atoms with Crippen LogP contribution in [0.1, 0.15) is 0 Å². The van der Waals surface area contributed by atoms with Crippen molar-refractivity contribution in [1.29, 1.82) is 0 Å². The lowest BCUT2D eigenvalue weighted by Gasteiger charge is -2.35. The van der Waals surface area contributed by atoms with Gasteiger partial charge in [0, 0.05) is 0 Å². The van der Waals surface area contributed by atoms with Crippen LogP contribution < -0.4 is 0 Å². The first-order valence-electron chi connectivity index (χ1n) is 4.19. The van der Waals surface area contributed by atoms with Gasteiger partial charge in [0.15, 0.2) is 16.6 Å². The lowest BCUT2D eigenvalue weighted by atomic mass is 10.2. The van der Waals surface area contributed by atoms with Gasteiger partial charge in [0.2, 0.25) is 0 Å². The summed E-state index contributed by atoms with van der Waals surface area (Å²) in [5.41, 5.74) is 0. The van der Waals surface area contributed by atoms with Crippen LogP contribution in [0, 0.1) is 0 Å². The van der Waals surface area contributed by atoms with E-state index in [1.54, 1.807) is 0 Å². The molecule has 0 N–H and O–H groups in total. The van der Waals surface area contributed by atoms with Crippen molar-refractivity contribution in [2.75, 3.05) is 0 Å². The van der Waals surface area contributed by atoms with E-state index in [0.29, 0.717) is 17.8 Å². The van der Waals surface area contributed by atoms with Crippen molar-refractivity contribution in [3.05, 3.63) is 0 Å². The first-order chi connectivity index (χ1) is 5.39. The van der Waals surface area contributed by atoms with Crippen molar-refractivity contribution in [2.24, 2.45) is 0 Å². The summed E-state index contributed by atoms with van der Waals surface area (Å²) in [5.74, 6) is 1.80. The molecule has 0 saturated heterocycles. The van der Waals surface area contributed by atoms with Gasteiger partial charge < -0.3 is 4.12 Å². The molecule has 1 nitrogen and oxygen atoms in total. The fourth-order valence-electron chi connectivity index (χ4n) is 0.875. The molecule has 0 aliphatic heterocycles. The zero-order valence-corrected chi connectivity index (χ0v) is 10.3. The van der Waals surface area contributed by atoms with E-state index in [-0.39, 0.29) is 0 Å². The Morgan fingerprint density at radius 1 is 0.917 bits per heavy atom. The third kappa shape index (κ3) is 4.01. The maximum atomic E-state index is 5.98. The van der Waals surface area contributed by atoms with Gasteiger partial charge in [-0.05, 0) is 19.6 Å². The van der Waals surface area contributed by atoms with Crippen LogP contribution in [0.15, 0.2) is 0 Å². The summed E-state index contributed by atoms with van der Waals surface area (Å²) in [7, 11) is 13.3. The summed E-state index contributed by atoms with van der Waals surface area (Å²) in [5, 5.41) is 0. The molecule has 0 aromatic rings. The second kappa shape index (κ2) is 4.72. The van der Waals surface area contributed by atoms with Gasteiger partial charge in [0.25, 0.3) is 0 Å². The van der Waals surface area contributed by atoms with Crippen LogP contribution in [-0.2, 0) is 4.12 Å². The minimum atomic E-state index is -1.82. The molecule has 0 bridgehead atoms. The first-order valence-corrected chi connectivity index (χ1v) is 10.1. The molecule has 6 heteroatoms. The zero-order chi connectivity index (χ0) is 9.83. The Morgan fingerprint density at radius 3 is 1.58 bits per heavy atom. The molecule has 0 aromatic carbocycles. The summed E-state index contributed by atoms with van der Waals surface area (Å²) in [6.07, 6.45) is 0. The molecule has 62 valence electrons. The van der Waals surface area contributed by atoms with Gasteiger partial charge in [-0.2, -0.15) is 0 Å². The van der Waals surface area contributed by atoms with Crippen LogP contribution in [-0.4, -0.2) is 40.2 Å². The van der Waals surface area contributed by atoms with Crippen molar-refractivity contribution >= 4 is 40.2 Å². The van der Waals surface area contributed by atoms with Crippen molar-refractivity contribution in [3.63, 3.8) is 0 Å². The molecule has 0 aliphatic rings. The summed E-state index contributed by atoms with van der Waals surface area (Å²) in [4.78, 5) is 0. The van der Waals surface area contributed by atoms with Crippen molar-refractivity contribution < 1.29 is 4.12 Å². The third-order valence-corrected chi connectivity index (χ3v) is 8.77. The molecular weight excluding hydrogens is 177 g/mol. The van der Waals surface area contributed by atoms with Crippen LogP contribution in [0.2, 0.25) is 37.5 Å². The van der Waals surface area contributed by atoms with Crippen LogP contribution in [0.25, 0.3) is 0 Å². The van der Waals surface area contributed by atoms with Gasteiger partial charge in [-0.25, -0.2) is 0 Å². The third-order valence-electron chi connectivity index (χ3n) is 1.88. The lowest BCUT2D eigenvalue weighted by Crippen LogP contribution is -2.46. The molecule has 0 rings (SSSR count). The van der Waals surface area contributed by atoms with E-state index in [0.717, 1.165) is 0 Å². The minimum absolute atomic E-state index is 0.583. The molecule has 0 unspecified atom stereocenters. The van der Waals surface area contributed by atoms with E-state index in [1.807, 2.05) is 0 Å². The van der Waals surface area contributed by atoms with Gasteiger partial charge in [0.1, 0.15) is 0 Å². The van der Waals surface area contributed by atoms with Crippen molar-refractivity contribution in [2.45, 2.75) is 37.5 Å². The molecule has 0 heterocycles. The smallest absolute Gasteiger partial charge is 0.165 e. The predicted molar refractivity (Wildman–Crippen MR) is 61.9 cm³/mol. The van der Waals surface area contributed by atoms with E-state index in [4.69, 9.17) is 27.7 Å². The molecular formula is C6H15B3OSi2. The Morgan fingerprint density at radius 2 is 1.33 bits per heavy atom. The van der Waals surface area contributed by atoms with Crippen LogP contribution in [0.5, 0.6) is 0 Å². The van der Waals surface area contributed by atoms with Gasteiger partial charge in [-0.3, -0.25) is 0 Å². The van der Waals surface area contributed by atoms with Crippen LogP contribution >= 0.6 is 0 Å². The first kappa shape index (κ1) is 12.6. The average molecular weight is 192 g/mol. The molecule has 6 radical (unpaired) electrons. The zero-order valence-electron chi connectivity index (χ0n) is 8.26. The Labute approximate surface area is 82.1 Å². The van der Waals surface area contributed by atoms with E-state index in [1.165, 1.54) is 0 Å². The molecule has 0 fully saturated rings. The number of rotatable bonds is 5. The summed E-state index contributed by atoms with van der Waals surface area (Å²) in [6, 6.07) is 0. The highest BCUT2D eigenvalue weighted by Gasteiger charge is 2.31. The van der Waals surface area contributed by atoms with E-state index in [9.17, 15) is 0 Å². The topological polar surface area (TPSA) is 9.23 Å². The standard InChI is InChI=1S/C6H15B3OSi2/c1-11(2,4-7)10-12(3,5-8)6-9/h4-6H2,1-3H3. The number of hydrogen-bond donors (Lipinski definition) is 0. The fourth-order valence-corrected chi connectivity index (χ4v) is 7.38. The highest BCUT2D eigenvalue weighted by Crippen LogP contribution is 2.21. The van der Waals surface area contributed by atoms with E-state index >= 15 is 0 Å². The van der Waals surface area contributed by atoms with E-state index in [2.05, 4.69) is 19.6 Å². The minimum Gasteiger partial charge on any atom is -0.457 e.